The molecular weight excluding hydrogens is 386 g/mol. The normalized spacial score (nSPS) is 13.6. The summed E-state index contributed by atoms with van der Waals surface area (Å²) in [5.74, 6) is 0.567. The Labute approximate surface area is 172 Å². The predicted octanol–water partition coefficient (Wildman–Crippen LogP) is 5.21. The van der Waals surface area contributed by atoms with E-state index in [0.29, 0.717) is 12.5 Å². The summed E-state index contributed by atoms with van der Waals surface area (Å²) in [4.78, 5) is 18.8. The van der Waals surface area contributed by atoms with Crippen LogP contribution in [0.3, 0.4) is 0 Å². The van der Waals surface area contributed by atoms with Gasteiger partial charge in [-0.25, -0.2) is 4.98 Å². The fourth-order valence-electron chi connectivity index (χ4n) is 3.28. The highest BCUT2D eigenvalue weighted by molar-refractivity contribution is 7.15. The minimum absolute atomic E-state index is 0.0337. The van der Waals surface area contributed by atoms with Crippen molar-refractivity contribution >= 4 is 27.6 Å². The van der Waals surface area contributed by atoms with Gasteiger partial charge in [0.05, 0.1) is 11.7 Å². The van der Waals surface area contributed by atoms with E-state index in [4.69, 9.17) is 0 Å². The molecule has 0 fully saturated rings. The molecular formula is C22H23N3OS2. The van der Waals surface area contributed by atoms with Gasteiger partial charge in [0.1, 0.15) is 0 Å². The number of aromatic nitrogens is 2. The van der Waals surface area contributed by atoms with Crippen molar-refractivity contribution in [2.75, 3.05) is 0 Å². The van der Waals surface area contributed by atoms with Gasteiger partial charge in [-0.05, 0) is 34.9 Å². The number of nitrogens with zero attached hydrogens (tertiary/aromatic N) is 2. The molecule has 0 saturated carbocycles. The second-order valence-corrected chi connectivity index (χ2v) is 8.80. The number of nitrogens with one attached hydrogen (secondary N) is 1. The molecule has 0 radical (unpaired) electrons. The quantitative estimate of drug-likeness (QED) is 0.456. The predicted molar refractivity (Wildman–Crippen MR) is 117 cm³/mol. The highest BCUT2D eigenvalue weighted by atomic mass is 32.1. The van der Waals surface area contributed by atoms with Gasteiger partial charge in [-0.1, -0.05) is 44.2 Å². The lowest BCUT2D eigenvalue weighted by Crippen LogP contribution is -2.23. The zero-order chi connectivity index (χ0) is 19.5. The number of thiophene rings is 1. The first-order chi connectivity index (χ1) is 13.7. The molecule has 4 aromatic rings. The van der Waals surface area contributed by atoms with Crippen molar-refractivity contribution in [2.45, 2.75) is 38.8 Å². The standard InChI is InChI=1S/C22H23N3OS2/c1-3-15(2)16-6-8-17(9-7-16)21(19-5-4-11-27-19)23-14-18-13-20(26)25-10-12-28-22(25)24-18/h4-13,15,21,23H,3,14H2,1-2H3/t15-,21-/m0/s1. The van der Waals surface area contributed by atoms with E-state index in [9.17, 15) is 4.79 Å². The molecule has 4 nitrogen and oxygen atoms in total. The lowest BCUT2D eigenvalue weighted by atomic mass is 9.95. The summed E-state index contributed by atoms with van der Waals surface area (Å²) < 4.78 is 1.58. The van der Waals surface area contributed by atoms with Crippen molar-refractivity contribution < 1.29 is 0 Å². The van der Waals surface area contributed by atoms with Crippen LogP contribution in [-0.4, -0.2) is 9.38 Å². The van der Waals surface area contributed by atoms with Crippen LogP contribution in [0.4, 0.5) is 0 Å². The second kappa shape index (κ2) is 8.39. The van der Waals surface area contributed by atoms with Crippen LogP contribution in [0, 0.1) is 0 Å². The Morgan fingerprint density at radius 3 is 2.61 bits per heavy atom. The number of hydrogen-bond acceptors (Lipinski definition) is 5. The van der Waals surface area contributed by atoms with E-state index in [-0.39, 0.29) is 11.6 Å². The van der Waals surface area contributed by atoms with Crippen LogP contribution in [-0.2, 0) is 6.54 Å². The van der Waals surface area contributed by atoms with Gasteiger partial charge in [-0.2, -0.15) is 0 Å². The Hall–Kier alpha value is -2.28. The van der Waals surface area contributed by atoms with Gasteiger partial charge < -0.3 is 0 Å². The summed E-state index contributed by atoms with van der Waals surface area (Å²) in [7, 11) is 0. The highest BCUT2D eigenvalue weighted by Gasteiger charge is 2.16. The van der Waals surface area contributed by atoms with Crippen LogP contribution in [0.2, 0.25) is 0 Å². The molecule has 4 rings (SSSR count). The van der Waals surface area contributed by atoms with Gasteiger partial charge in [-0.15, -0.1) is 22.7 Å². The number of fused-ring (bicyclic) bond motifs is 1. The smallest absolute Gasteiger partial charge is 0.258 e. The first kappa shape index (κ1) is 19.1. The van der Waals surface area contributed by atoms with Crippen molar-refractivity contribution in [1.29, 1.82) is 0 Å². The van der Waals surface area contributed by atoms with Crippen LogP contribution in [0.5, 0.6) is 0 Å². The Balaban J connectivity index is 1.59. The van der Waals surface area contributed by atoms with E-state index in [1.165, 1.54) is 27.3 Å². The molecule has 0 aliphatic rings. The number of hydrogen-bond donors (Lipinski definition) is 1. The van der Waals surface area contributed by atoms with Gasteiger partial charge in [0.2, 0.25) is 0 Å². The fraction of sp³-hybridized carbons (Fsp3) is 0.273. The third-order valence-corrected chi connectivity index (χ3v) is 6.82. The molecule has 0 bridgehead atoms. The maximum absolute atomic E-state index is 12.2. The molecule has 0 spiro atoms. The topological polar surface area (TPSA) is 46.4 Å². The molecule has 1 N–H and O–H groups in total. The molecule has 2 atom stereocenters. The fourth-order valence-corrected chi connectivity index (χ4v) is 4.84. The largest absolute Gasteiger partial charge is 0.300 e. The van der Waals surface area contributed by atoms with E-state index in [0.717, 1.165) is 17.1 Å². The Kier molecular flexibility index (Phi) is 5.71. The lowest BCUT2D eigenvalue weighted by Gasteiger charge is -2.19. The Bertz CT molecular complexity index is 1100. The van der Waals surface area contributed by atoms with Gasteiger partial charge in [-0.3, -0.25) is 14.5 Å². The van der Waals surface area contributed by atoms with Crippen LogP contribution in [0.1, 0.15) is 53.9 Å². The summed E-state index contributed by atoms with van der Waals surface area (Å²) in [6.45, 7) is 5.02. The van der Waals surface area contributed by atoms with E-state index in [2.05, 4.69) is 65.9 Å². The lowest BCUT2D eigenvalue weighted by molar-refractivity contribution is 0.603. The summed E-state index contributed by atoms with van der Waals surface area (Å²) in [5, 5.41) is 7.59. The zero-order valence-electron chi connectivity index (χ0n) is 16.0. The summed E-state index contributed by atoms with van der Waals surface area (Å²) >= 11 is 3.21. The molecule has 28 heavy (non-hydrogen) atoms. The van der Waals surface area contributed by atoms with E-state index in [1.54, 1.807) is 28.0 Å². The van der Waals surface area contributed by atoms with Crippen LogP contribution in [0.15, 0.2) is 64.2 Å². The van der Waals surface area contributed by atoms with Crippen molar-refractivity contribution in [3.8, 4) is 0 Å². The molecule has 144 valence electrons. The van der Waals surface area contributed by atoms with Gasteiger partial charge in [0.25, 0.3) is 5.56 Å². The average Bonchev–Trinajstić information content (AvgIpc) is 3.40. The van der Waals surface area contributed by atoms with Crippen LogP contribution < -0.4 is 10.9 Å². The number of rotatable bonds is 7. The number of benzene rings is 1. The Morgan fingerprint density at radius 1 is 1.11 bits per heavy atom. The van der Waals surface area contributed by atoms with Crippen LogP contribution in [0.25, 0.3) is 4.96 Å². The molecule has 0 unspecified atom stereocenters. The zero-order valence-corrected chi connectivity index (χ0v) is 17.6. The molecule has 1 aromatic carbocycles. The van der Waals surface area contributed by atoms with Crippen molar-refractivity contribution in [3.05, 3.63) is 91.5 Å². The molecule has 0 saturated heterocycles. The van der Waals surface area contributed by atoms with Gasteiger partial charge in [0, 0.05) is 29.1 Å². The molecule has 0 aliphatic heterocycles. The minimum atomic E-state index is -0.0337. The van der Waals surface area contributed by atoms with Crippen molar-refractivity contribution in [2.24, 2.45) is 0 Å². The first-order valence-corrected chi connectivity index (χ1v) is 11.2. The summed E-state index contributed by atoms with van der Waals surface area (Å²) in [6, 6.07) is 14.8. The Morgan fingerprint density at radius 2 is 1.89 bits per heavy atom. The first-order valence-electron chi connectivity index (χ1n) is 9.48. The average molecular weight is 410 g/mol. The molecule has 0 amide bonds. The molecule has 0 aliphatic carbocycles. The summed E-state index contributed by atoms with van der Waals surface area (Å²) in [6.07, 6.45) is 2.90. The van der Waals surface area contributed by atoms with Gasteiger partial charge >= 0.3 is 0 Å². The second-order valence-electron chi connectivity index (χ2n) is 6.95. The van der Waals surface area contributed by atoms with E-state index in [1.807, 2.05) is 5.38 Å². The monoisotopic (exact) mass is 409 g/mol. The van der Waals surface area contributed by atoms with Crippen LogP contribution >= 0.6 is 22.7 Å². The third kappa shape index (κ3) is 3.94. The molecule has 6 heteroatoms. The van der Waals surface area contributed by atoms with E-state index >= 15 is 0 Å². The van der Waals surface area contributed by atoms with E-state index < -0.39 is 0 Å². The van der Waals surface area contributed by atoms with Crippen molar-refractivity contribution in [3.63, 3.8) is 0 Å². The summed E-state index contributed by atoms with van der Waals surface area (Å²) in [5.41, 5.74) is 3.33. The maximum Gasteiger partial charge on any atom is 0.258 e. The highest BCUT2D eigenvalue weighted by Crippen LogP contribution is 2.28. The molecule has 3 aromatic heterocycles. The van der Waals surface area contributed by atoms with Gasteiger partial charge in [0.15, 0.2) is 4.96 Å². The third-order valence-electron chi connectivity index (χ3n) is 5.12. The SMILES string of the molecule is CC[C@H](C)c1ccc([C@H](NCc2cc(=O)n3ccsc3n2)c2cccs2)cc1. The number of thiazole rings is 1. The molecule has 3 heterocycles. The van der Waals surface area contributed by atoms with Crippen molar-refractivity contribution in [1.82, 2.24) is 14.7 Å². The minimum Gasteiger partial charge on any atom is -0.300 e. The maximum atomic E-state index is 12.2.